The first kappa shape index (κ1) is 14.4. The van der Waals surface area contributed by atoms with Crippen LogP contribution in [0.4, 0.5) is 0 Å². The van der Waals surface area contributed by atoms with Gasteiger partial charge in [0.05, 0.1) is 31.5 Å². The van der Waals surface area contributed by atoms with Crippen molar-refractivity contribution in [1.82, 2.24) is 10.2 Å². The third kappa shape index (κ3) is 3.40. The average Bonchev–Trinajstić information content (AvgIpc) is 2.52. The summed E-state index contributed by atoms with van der Waals surface area (Å²) in [5.41, 5.74) is -0.411. The highest BCUT2D eigenvalue weighted by Gasteiger charge is 2.44. The van der Waals surface area contributed by atoms with Crippen molar-refractivity contribution in [1.29, 1.82) is 0 Å². The number of carbonyl (C=O) groups excluding carboxylic acids is 1. The number of ether oxygens (including phenoxy) is 2. The summed E-state index contributed by atoms with van der Waals surface area (Å²) in [7, 11) is 1.64. The van der Waals surface area contributed by atoms with Gasteiger partial charge in [0.15, 0.2) is 0 Å². The predicted octanol–water partition coefficient (Wildman–Crippen LogP) is 0.596. The average molecular weight is 244 g/mol. The van der Waals surface area contributed by atoms with Crippen LogP contribution >= 0.6 is 0 Å². The Morgan fingerprint density at radius 2 is 2.12 bits per heavy atom. The van der Waals surface area contributed by atoms with Crippen molar-refractivity contribution >= 4 is 5.91 Å². The Balaban J connectivity index is 2.36. The van der Waals surface area contributed by atoms with Crippen LogP contribution in [0.15, 0.2) is 0 Å². The molecule has 100 valence electrons. The lowest BCUT2D eigenvalue weighted by Gasteiger charge is -2.21. The second-order valence-electron chi connectivity index (χ2n) is 4.61. The Morgan fingerprint density at radius 3 is 2.65 bits per heavy atom. The Bertz CT molecular complexity index is 260. The van der Waals surface area contributed by atoms with E-state index in [2.05, 4.69) is 5.32 Å². The zero-order valence-corrected chi connectivity index (χ0v) is 11.3. The molecule has 0 aromatic heterocycles. The van der Waals surface area contributed by atoms with Crippen LogP contribution in [0.3, 0.4) is 0 Å². The molecule has 0 spiro atoms. The van der Waals surface area contributed by atoms with E-state index in [1.165, 1.54) is 0 Å². The molecule has 0 aliphatic carbocycles. The maximum Gasteiger partial charge on any atom is 0.243 e. The summed E-state index contributed by atoms with van der Waals surface area (Å²) in [5, 5.41) is 3.33. The molecular formula is C12H24N2O3. The highest BCUT2D eigenvalue weighted by molar-refractivity contribution is 5.88. The maximum absolute atomic E-state index is 12.2. The van der Waals surface area contributed by atoms with Crippen LogP contribution in [0.1, 0.15) is 27.2 Å². The second kappa shape index (κ2) is 6.33. The molecule has 0 aromatic carbocycles. The van der Waals surface area contributed by atoms with Gasteiger partial charge in [-0.1, -0.05) is 6.92 Å². The van der Waals surface area contributed by atoms with Crippen LogP contribution in [-0.2, 0) is 14.3 Å². The third-order valence-corrected chi connectivity index (χ3v) is 3.34. The summed E-state index contributed by atoms with van der Waals surface area (Å²) >= 11 is 0. The molecule has 2 atom stereocenters. The summed E-state index contributed by atoms with van der Waals surface area (Å²) in [6.45, 7) is 8.34. The molecule has 1 N–H and O–H groups in total. The van der Waals surface area contributed by atoms with Gasteiger partial charge in [-0.15, -0.1) is 0 Å². The van der Waals surface area contributed by atoms with Gasteiger partial charge in [-0.25, -0.2) is 0 Å². The molecule has 0 bridgehead atoms. The fourth-order valence-electron chi connectivity index (χ4n) is 2.05. The fraction of sp³-hybridized carbons (Fsp3) is 0.917. The van der Waals surface area contributed by atoms with E-state index in [9.17, 15) is 4.79 Å². The van der Waals surface area contributed by atoms with Crippen LogP contribution in [0.25, 0.3) is 0 Å². The maximum atomic E-state index is 12.2. The Morgan fingerprint density at radius 1 is 1.41 bits per heavy atom. The van der Waals surface area contributed by atoms with E-state index in [0.29, 0.717) is 26.4 Å². The molecular weight excluding hydrogens is 220 g/mol. The summed E-state index contributed by atoms with van der Waals surface area (Å²) in [6.07, 6.45) is 0.885. The number of methoxy groups -OCH3 is 1. The highest BCUT2D eigenvalue weighted by atomic mass is 16.5. The second-order valence-corrected chi connectivity index (χ2v) is 4.61. The number of nitrogens with zero attached hydrogens (tertiary/aromatic N) is 1. The van der Waals surface area contributed by atoms with Gasteiger partial charge in [0.2, 0.25) is 5.91 Å². The molecule has 1 aliphatic heterocycles. The van der Waals surface area contributed by atoms with Crippen LogP contribution < -0.4 is 5.32 Å². The summed E-state index contributed by atoms with van der Waals surface area (Å²) in [6, 6.07) is 0. The number of hydrogen-bond acceptors (Lipinski definition) is 4. The topological polar surface area (TPSA) is 50.8 Å². The molecule has 1 heterocycles. The minimum atomic E-state index is -0.411. The lowest BCUT2D eigenvalue weighted by Crippen LogP contribution is -2.43. The molecule has 0 aromatic rings. The molecule has 1 aliphatic rings. The quantitative estimate of drug-likeness (QED) is 0.666. The van der Waals surface area contributed by atoms with Gasteiger partial charge in [0, 0.05) is 13.7 Å². The number of rotatable bonds is 7. The number of amides is 1. The molecule has 1 fully saturated rings. The first-order valence-electron chi connectivity index (χ1n) is 6.20. The lowest BCUT2D eigenvalue weighted by atomic mass is 9.99. The van der Waals surface area contributed by atoms with Crippen LogP contribution in [-0.4, -0.2) is 56.0 Å². The van der Waals surface area contributed by atoms with E-state index in [1.54, 1.807) is 7.11 Å². The molecule has 1 rings (SSSR count). The monoisotopic (exact) mass is 244 g/mol. The van der Waals surface area contributed by atoms with Crippen LogP contribution in [0.2, 0.25) is 0 Å². The summed E-state index contributed by atoms with van der Waals surface area (Å²) in [4.78, 5) is 14.0. The van der Waals surface area contributed by atoms with Crippen molar-refractivity contribution in [3.05, 3.63) is 0 Å². The van der Waals surface area contributed by atoms with E-state index in [0.717, 1.165) is 6.42 Å². The van der Waals surface area contributed by atoms with E-state index in [-0.39, 0.29) is 12.1 Å². The Labute approximate surface area is 103 Å². The molecule has 0 radical (unpaired) electrons. The minimum Gasteiger partial charge on any atom is -0.382 e. The van der Waals surface area contributed by atoms with Gasteiger partial charge in [-0.2, -0.15) is 0 Å². The SMILES string of the molecule is CCC1(C)NC(C)N(CCOCCOC)C1=O. The smallest absolute Gasteiger partial charge is 0.243 e. The third-order valence-electron chi connectivity index (χ3n) is 3.34. The summed E-state index contributed by atoms with van der Waals surface area (Å²) in [5.74, 6) is 0.169. The number of carbonyl (C=O) groups is 1. The fourth-order valence-corrected chi connectivity index (χ4v) is 2.05. The molecule has 1 amide bonds. The van der Waals surface area contributed by atoms with Crippen LogP contribution in [0, 0.1) is 0 Å². The molecule has 17 heavy (non-hydrogen) atoms. The van der Waals surface area contributed by atoms with Gasteiger partial charge in [0.1, 0.15) is 0 Å². The van der Waals surface area contributed by atoms with Crippen molar-refractivity contribution in [3.63, 3.8) is 0 Å². The largest absolute Gasteiger partial charge is 0.382 e. The molecule has 5 heteroatoms. The first-order valence-corrected chi connectivity index (χ1v) is 6.20. The van der Waals surface area contributed by atoms with Gasteiger partial charge < -0.3 is 14.4 Å². The van der Waals surface area contributed by atoms with E-state index >= 15 is 0 Å². The predicted molar refractivity (Wildman–Crippen MR) is 65.7 cm³/mol. The van der Waals surface area contributed by atoms with E-state index in [4.69, 9.17) is 9.47 Å². The van der Waals surface area contributed by atoms with E-state index in [1.807, 2.05) is 25.7 Å². The van der Waals surface area contributed by atoms with Crippen molar-refractivity contribution in [2.75, 3.05) is 33.5 Å². The Kier molecular flexibility index (Phi) is 5.36. The van der Waals surface area contributed by atoms with Gasteiger partial charge in [-0.3, -0.25) is 10.1 Å². The summed E-state index contributed by atoms with van der Waals surface area (Å²) < 4.78 is 10.3. The van der Waals surface area contributed by atoms with Crippen LogP contribution in [0.5, 0.6) is 0 Å². The first-order chi connectivity index (χ1) is 8.05. The van der Waals surface area contributed by atoms with Gasteiger partial charge >= 0.3 is 0 Å². The standard InChI is InChI=1S/C12H24N2O3/c1-5-12(3)11(15)14(10(2)13-12)6-7-17-9-8-16-4/h10,13H,5-9H2,1-4H3. The van der Waals surface area contributed by atoms with Crippen molar-refractivity contribution in [2.24, 2.45) is 0 Å². The number of nitrogens with one attached hydrogen (secondary N) is 1. The van der Waals surface area contributed by atoms with Gasteiger partial charge in [0.25, 0.3) is 0 Å². The zero-order valence-electron chi connectivity index (χ0n) is 11.3. The molecule has 1 saturated heterocycles. The van der Waals surface area contributed by atoms with Gasteiger partial charge in [-0.05, 0) is 20.3 Å². The van der Waals surface area contributed by atoms with Crippen molar-refractivity contribution in [2.45, 2.75) is 38.9 Å². The molecule has 0 saturated carbocycles. The van der Waals surface area contributed by atoms with E-state index < -0.39 is 5.54 Å². The minimum absolute atomic E-state index is 0.0819. The van der Waals surface area contributed by atoms with Crippen molar-refractivity contribution in [3.8, 4) is 0 Å². The van der Waals surface area contributed by atoms with Crippen molar-refractivity contribution < 1.29 is 14.3 Å². The molecule has 2 unspecified atom stereocenters. The highest BCUT2D eigenvalue weighted by Crippen LogP contribution is 2.22. The lowest BCUT2D eigenvalue weighted by molar-refractivity contribution is -0.133. The molecule has 5 nitrogen and oxygen atoms in total. The zero-order chi connectivity index (χ0) is 12.9. The number of hydrogen-bond donors (Lipinski definition) is 1. The normalized spacial score (nSPS) is 29.1. The Hall–Kier alpha value is -0.650.